The number of aliphatic imine (C=N–C) groups is 1. The summed E-state index contributed by atoms with van der Waals surface area (Å²) in [4.78, 5) is 15.4. The Hall–Kier alpha value is -2.04. The fourth-order valence-corrected chi connectivity index (χ4v) is 1.41. The van der Waals surface area contributed by atoms with Crippen molar-refractivity contribution in [2.75, 3.05) is 13.2 Å². The topological polar surface area (TPSA) is 73.9 Å². The molecule has 0 spiro atoms. The van der Waals surface area contributed by atoms with Gasteiger partial charge >= 0.3 is 0 Å². The van der Waals surface area contributed by atoms with Crippen LogP contribution in [0.15, 0.2) is 23.2 Å². The molecule has 1 amide bonds. The van der Waals surface area contributed by atoms with Crippen molar-refractivity contribution in [1.29, 1.82) is 0 Å². The molecule has 0 aliphatic carbocycles. The quantitative estimate of drug-likeness (QED) is 0.640. The van der Waals surface area contributed by atoms with E-state index in [2.05, 4.69) is 4.99 Å². The molecule has 0 saturated carbocycles. The number of hydrogen-bond acceptors (Lipinski definition) is 3. The molecule has 0 saturated heterocycles. The van der Waals surface area contributed by atoms with Crippen LogP contribution in [0.3, 0.4) is 0 Å². The zero-order chi connectivity index (χ0) is 13.5. The molecule has 18 heavy (non-hydrogen) atoms. The summed E-state index contributed by atoms with van der Waals surface area (Å²) in [6.45, 7) is 6.35. The van der Waals surface area contributed by atoms with Crippen molar-refractivity contribution in [3.63, 3.8) is 0 Å². The zero-order valence-electron chi connectivity index (χ0n) is 10.9. The van der Waals surface area contributed by atoms with E-state index in [9.17, 15) is 4.79 Å². The zero-order valence-corrected chi connectivity index (χ0v) is 10.9. The van der Waals surface area contributed by atoms with Crippen molar-refractivity contribution >= 4 is 11.7 Å². The molecule has 0 heterocycles. The third-order valence-electron chi connectivity index (χ3n) is 2.07. The van der Waals surface area contributed by atoms with E-state index in [0.29, 0.717) is 30.3 Å². The Labute approximate surface area is 107 Å². The minimum absolute atomic E-state index is 0.229. The molecule has 0 unspecified atom stereocenters. The second kappa shape index (κ2) is 6.64. The second-order valence-corrected chi connectivity index (χ2v) is 3.59. The molecule has 0 radical (unpaired) electrons. The highest BCUT2D eigenvalue weighted by atomic mass is 16.5. The van der Waals surface area contributed by atoms with Gasteiger partial charge in [0.25, 0.3) is 5.91 Å². The first-order chi connectivity index (χ1) is 8.58. The molecule has 1 aromatic rings. The summed E-state index contributed by atoms with van der Waals surface area (Å²) in [5, 5.41) is 0. The number of benzene rings is 1. The van der Waals surface area contributed by atoms with E-state index >= 15 is 0 Å². The molecule has 5 heteroatoms. The van der Waals surface area contributed by atoms with E-state index in [1.807, 2.05) is 13.8 Å². The monoisotopic (exact) mass is 250 g/mol. The van der Waals surface area contributed by atoms with E-state index in [-0.39, 0.29) is 11.7 Å². The van der Waals surface area contributed by atoms with Gasteiger partial charge in [0.15, 0.2) is 11.5 Å². The van der Waals surface area contributed by atoms with Gasteiger partial charge in [0.05, 0.1) is 13.2 Å². The van der Waals surface area contributed by atoms with Crippen LogP contribution in [0.25, 0.3) is 0 Å². The number of nitrogens with two attached hydrogens (primary N) is 1. The van der Waals surface area contributed by atoms with E-state index in [1.165, 1.54) is 0 Å². The molecule has 5 nitrogen and oxygen atoms in total. The van der Waals surface area contributed by atoms with Crippen LogP contribution in [0, 0.1) is 0 Å². The average Bonchev–Trinajstić information content (AvgIpc) is 2.31. The van der Waals surface area contributed by atoms with E-state index in [0.717, 1.165) is 0 Å². The minimum Gasteiger partial charge on any atom is -0.490 e. The van der Waals surface area contributed by atoms with Crippen molar-refractivity contribution in [3.05, 3.63) is 23.8 Å². The van der Waals surface area contributed by atoms with Crippen LogP contribution in [-0.4, -0.2) is 25.0 Å². The third-order valence-corrected chi connectivity index (χ3v) is 2.07. The molecule has 0 aromatic heterocycles. The van der Waals surface area contributed by atoms with Crippen LogP contribution in [0.1, 0.15) is 31.1 Å². The van der Waals surface area contributed by atoms with Crippen molar-refractivity contribution in [2.45, 2.75) is 20.8 Å². The summed E-state index contributed by atoms with van der Waals surface area (Å²) in [6.07, 6.45) is 0. The van der Waals surface area contributed by atoms with Gasteiger partial charge in [-0.05, 0) is 39.0 Å². The Bertz CT molecular complexity index is 452. The fourth-order valence-electron chi connectivity index (χ4n) is 1.41. The summed E-state index contributed by atoms with van der Waals surface area (Å²) in [7, 11) is 0. The van der Waals surface area contributed by atoms with Gasteiger partial charge in [-0.1, -0.05) is 0 Å². The number of rotatable bonds is 5. The first-order valence-electron chi connectivity index (χ1n) is 5.83. The summed E-state index contributed by atoms with van der Waals surface area (Å²) in [5.74, 6) is 0.991. The predicted molar refractivity (Wildman–Crippen MR) is 70.4 cm³/mol. The van der Waals surface area contributed by atoms with Gasteiger partial charge in [0, 0.05) is 5.56 Å². The Balaban J connectivity index is 3.06. The molecule has 0 bridgehead atoms. The van der Waals surface area contributed by atoms with E-state index < -0.39 is 0 Å². The highest BCUT2D eigenvalue weighted by Crippen LogP contribution is 2.28. The largest absolute Gasteiger partial charge is 0.490 e. The molecule has 1 aromatic carbocycles. The summed E-state index contributed by atoms with van der Waals surface area (Å²) in [6, 6.07) is 4.95. The summed E-state index contributed by atoms with van der Waals surface area (Å²) in [5.41, 5.74) is 5.80. The Morgan fingerprint density at radius 3 is 2.39 bits per heavy atom. The van der Waals surface area contributed by atoms with Crippen LogP contribution in [0.4, 0.5) is 0 Å². The third kappa shape index (κ3) is 3.76. The maximum absolute atomic E-state index is 11.7. The maximum Gasteiger partial charge on any atom is 0.278 e. The Kier molecular flexibility index (Phi) is 5.17. The lowest BCUT2D eigenvalue weighted by molar-refractivity contribution is 0.100. The maximum atomic E-state index is 11.7. The van der Waals surface area contributed by atoms with Crippen LogP contribution >= 0.6 is 0 Å². The molecule has 0 aliphatic heterocycles. The molecule has 1 rings (SSSR count). The van der Waals surface area contributed by atoms with Gasteiger partial charge in [-0.3, -0.25) is 4.79 Å². The number of carbonyl (C=O) groups is 1. The normalized spacial score (nSPS) is 11.2. The number of nitrogens with zero attached hydrogens (tertiary/aromatic N) is 1. The van der Waals surface area contributed by atoms with Crippen molar-refractivity contribution < 1.29 is 14.3 Å². The van der Waals surface area contributed by atoms with Crippen LogP contribution in [0.5, 0.6) is 11.5 Å². The number of carbonyl (C=O) groups excluding carboxylic acids is 1. The highest BCUT2D eigenvalue weighted by molar-refractivity contribution is 6.02. The Morgan fingerprint density at radius 1 is 1.22 bits per heavy atom. The lowest BCUT2D eigenvalue weighted by Crippen LogP contribution is -2.09. The summed E-state index contributed by atoms with van der Waals surface area (Å²) < 4.78 is 10.8. The lowest BCUT2D eigenvalue weighted by Gasteiger charge is -2.11. The first-order valence-corrected chi connectivity index (χ1v) is 5.83. The van der Waals surface area contributed by atoms with Gasteiger partial charge in [-0.25, -0.2) is 0 Å². The van der Waals surface area contributed by atoms with Crippen LogP contribution < -0.4 is 15.2 Å². The standard InChI is InChI=1S/C13H18N2O3/c1-4-17-11-7-6-10(8-12(11)18-5-2)13(16)15-9(3)14/h6-8H,4-5H2,1-3H3,(H2,14,15,16). The number of ether oxygens (including phenoxy) is 2. The SMILES string of the molecule is CCOc1ccc(C(=O)N=C(C)N)cc1OCC. The van der Waals surface area contributed by atoms with Gasteiger partial charge in [-0.15, -0.1) is 0 Å². The minimum atomic E-state index is -0.390. The van der Waals surface area contributed by atoms with Crippen molar-refractivity contribution in [2.24, 2.45) is 10.7 Å². The first kappa shape index (κ1) is 14.0. The predicted octanol–water partition coefficient (Wildman–Crippen LogP) is 2.00. The summed E-state index contributed by atoms with van der Waals surface area (Å²) >= 11 is 0. The lowest BCUT2D eigenvalue weighted by atomic mass is 10.2. The smallest absolute Gasteiger partial charge is 0.278 e. The fraction of sp³-hybridized carbons (Fsp3) is 0.385. The van der Waals surface area contributed by atoms with Crippen molar-refractivity contribution in [1.82, 2.24) is 0 Å². The average molecular weight is 250 g/mol. The van der Waals surface area contributed by atoms with Gasteiger partial charge in [-0.2, -0.15) is 4.99 Å². The number of amides is 1. The molecule has 0 atom stereocenters. The van der Waals surface area contributed by atoms with Gasteiger partial charge in [0.1, 0.15) is 5.84 Å². The molecular weight excluding hydrogens is 232 g/mol. The van der Waals surface area contributed by atoms with Crippen LogP contribution in [0.2, 0.25) is 0 Å². The van der Waals surface area contributed by atoms with Crippen molar-refractivity contribution in [3.8, 4) is 11.5 Å². The molecule has 2 N–H and O–H groups in total. The van der Waals surface area contributed by atoms with Gasteiger partial charge in [0.2, 0.25) is 0 Å². The number of amidine groups is 1. The highest BCUT2D eigenvalue weighted by Gasteiger charge is 2.10. The molecule has 0 fully saturated rings. The Morgan fingerprint density at radius 2 is 1.83 bits per heavy atom. The molecular formula is C13H18N2O3. The molecule has 98 valence electrons. The van der Waals surface area contributed by atoms with Gasteiger partial charge < -0.3 is 15.2 Å². The second-order valence-electron chi connectivity index (χ2n) is 3.59. The number of hydrogen-bond donors (Lipinski definition) is 1. The van der Waals surface area contributed by atoms with Crippen LogP contribution in [-0.2, 0) is 0 Å². The molecule has 0 aliphatic rings. The van der Waals surface area contributed by atoms with E-state index in [1.54, 1.807) is 25.1 Å². The van der Waals surface area contributed by atoms with E-state index in [4.69, 9.17) is 15.2 Å².